The number of hydrogen-bond acceptors (Lipinski definition) is 5. The molecule has 0 saturated carbocycles. The average molecular weight is 462 g/mol. The standard InChI is InChI=1S/C22H14F4N2O3S/c1-32(29,30)15-5-2-4-13(10-15)31-14-8-9-19(23)17(11-14)20-16-6-3-7-18(22(24,25)26)21(16)28-12-27-20/h2-12H,1H3. The Balaban J connectivity index is 1.80. The van der Waals surface area contributed by atoms with Gasteiger partial charge in [0.15, 0.2) is 9.84 Å². The average Bonchev–Trinajstić information content (AvgIpc) is 2.73. The van der Waals surface area contributed by atoms with Gasteiger partial charge in [-0.2, -0.15) is 13.2 Å². The number of halogens is 4. The van der Waals surface area contributed by atoms with Crippen LogP contribution < -0.4 is 4.74 Å². The third kappa shape index (κ3) is 4.26. The highest BCUT2D eigenvalue weighted by Crippen LogP contribution is 2.37. The molecule has 4 aromatic rings. The van der Waals surface area contributed by atoms with Crippen LogP contribution in [0.1, 0.15) is 5.56 Å². The maximum Gasteiger partial charge on any atom is 0.418 e. The van der Waals surface area contributed by atoms with E-state index >= 15 is 0 Å². The summed E-state index contributed by atoms with van der Waals surface area (Å²) in [7, 11) is -3.46. The van der Waals surface area contributed by atoms with Crippen LogP contribution in [0.2, 0.25) is 0 Å². The minimum Gasteiger partial charge on any atom is -0.457 e. The van der Waals surface area contributed by atoms with Crippen LogP contribution in [0.15, 0.2) is 71.9 Å². The number of benzene rings is 3. The zero-order chi connectivity index (χ0) is 23.1. The molecule has 0 N–H and O–H groups in total. The lowest BCUT2D eigenvalue weighted by molar-refractivity contribution is -0.136. The van der Waals surface area contributed by atoms with E-state index in [0.717, 1.165) is 24.7 Å². The van der Waals surface area contributed by atoms with E-state index in [1.54, 1.807) is 0 Å². The van der Waals surface area contributed by atoms with E-state index in [9.17, 15) is 26.0 Å². The largest absolute Gasteiger partial charge is 0.457 e. The number of para-hydroxylation sites is 1. The first kappa shape index (κ1) is 21.7. The van der Waals surface area contributed by atoms with Gasteiger partial charge in [0.2, 0.25) is 0 Å². The molecule has 5 nitrogen and oxygen atoms in total. The summed E-state index contributed by atoms with van der Waals surface area (Å²) in [4.78, 5) is 7.79. The van der Waals surface area contributed by atoms with Gasteiger partial charge >= 0.3 is 6.18 Å². The molecule has 32 heavy (non-hydrogen) atoms. The van der Waals surface area contributed by atoms with E-state index in [1.165, 1.54) is 48.5 Å². The van der Waals surface area contributed by atoms with Crippen LogP contribution in [0.4, 0.5) is 17.6 Å². The summed E-state index contributed by atoms with van der Waals surface area (Å²) in [5, 5.41) is 0.0254. The summed E-state index contributed by atoms with van der Waals surface area (Å²) in [5.74, 6) is -0.386. The summed E-state index contributed by atoms with van der Waals surface area (Å²) in [5.41, 5.74) is -1.43. The van der Waals surface area contributed by atoms with Gasteiger partial charge in [-0.3, -0.25) is 0 Å². The number of aromatic nitrogens is 2. The number of hydrogen-bond donors (Lipinski definition) is 0. The quantitative estimate of drug-likeness (QED) is 0.367. The van der Waals surface area contributed by atoms with Gasteiger partial charge in [-0.25, -0.2) is 22.8 Å². The van der Waals surface area contributed by atoms with Crippen LogP contribution in [-0.4, -0.2) is 24.6 Å². The fourth-order valence-corrected chi connectivity index (χ4v) is 3.84. The Hall–Kier alpha value is -3.53. The van der Waals surface area contributed by atoms with Gasteiger partial charge in [0.05, 0.1) is 21.7 Å². The van der Waals surface area contributed by atoms with Crippen LogP contribution >= 0.6 is 0 Å². The van der Waals surface area contributed by atoms with Gasteiger partial charge in [-0.15, -0.1) is 0 Å². The van der Waals surface area contributed by atoms with Crippen LogP contribution in [0.5, 0.6) is 11.5 Å². The third-order valence-electron chi connectivity index (χ3n) is 4.63. The van der Waals surface area contributed by atoms with E-state index in [2.05, 4.69) is 9.97 Å². The summed E-state index contributed by atoms with van der Waals surface area (Å²) in [6.07, 6.45) is -2.65. The van der Waals surface area contributed by atoms with Crippen LogP contribution in [0.3, 0.4) is 0 Å². The lowest BCUT2D eigenvalue weighted by atomic mass is 10.0. The van der Waals surface area contributed by atoms with Crippen molar-refractivity contribution in [3.05, 3.63) is 78.4 Å². The Kier molecular flexibility index (Phi) is 5.33. The maximum atomic E-state index is 14.7. The number of alkyl halides is 3. The Morgan fingerprint density at radius 1 is 0.906 bits per heavy atom. The first-order chi connectivity index (χ1) is 15.0. The fourth-order valence-electron chi connectivity index (χ4n) is 3.18. The molecular formula is C22H14F4N2O3S. The molecule has 10 heteroatoms. The first-order valence-corrected chi connectivity index (χ1v) is 11.0. The molecule has 0 saturated heterocycles. The molecule has 0 fully saturated rings. The lowest BCUT2D eigenvalue weighted by Gasteiger charge is -2.13. The highest BCUT2D eigenvalue weighted by molar-refractivity contribution is 7.90. The normalized spacial score (nSPS) is 12.2. The van der Waals surface area contributed by atoms with E-state index in [-0.39, 0.29) is 38.6 Å². The van der Waals surface area contributed by atoms with Crippen molar-refractivity contribution in [3.63, 3.8) is 0 Å². The van der Waals surface area contributed by atoms with Crippen molar-refractivity contribution in [2.24, 2.45) is 0 Å². The van der Waals surface area contributed by atoms with Gasteiger partial charge in [-0.1, -0.05) is 18.2 Å². The van der Waals surface area contributed by atoms with Crippen LogP contribution in [0.25, 0.3) is 22.2 Å². The molecule has 0 atom stereocenters. The molecule has 1 aromatic heterocycles. The van der Waals surface area contributed by atoms with Crippen LogP contribution in [-0.2, 0) is 16.0 Å². The second-order valence-corrected chi connectivity index (χ2v) is 8.93. The van der Waals surface area contributed by atoms with Crippen molar-refractivity contribution < 1.29 is 30.7 Å². The Labute approximate surface area is 180 Å². The fraction of sp³-hybridized carbons (Fsp3) is 0.0909. The molecule has 3 aromatic carbocycles. The molecule has 1 heterocycles. The highest BCUT2D eigenvalue weighted by atomic mass is 32.2. The first-order valence-electron chi connectivity index (χ1n) is 9.13. The van der Waals surface area contributed by atoms with Crippen molar-refractivity contribution in [2.75, 3.05) is 6.26 Å². The van der Waals surface area contributed by atoms with Crippen molar-refractivity contribution >= 4 is 20.7 Å². The zero-order valence-electron chi connectivity index (χ0n) is 16.4. The van der Waals surface area contributed by atoms with Crippen molar-refractivity contribution in [2.45, 2.75) is 11.1 Å². The molecular weight excluding hydrogens is 448 g/mol. The Morgan fingerprint density at radius 2 is 1.62 bits per heavy atom. The summed E-state index contributed by atoms with van der Waals surface area (Å²) in [6, 6.07) is 12.9. The molecule has 0 bridgehead atoms. The van der Waals surface area contributed by atoms with Gasteiger partial charge < -0.3 is 4.74 Å². The number of fused-ring (bicyclic) bond motifs is 1. The molecule has 0 radical (unpaired) electrons. The summed E-state index contributed by atoms with van der Waals surface area (Å²) < 4.78 is 83.9. The van der Waals surface area contributed by atoms with Gasteiger partial charge in [0.1, 0.15) is 23.6 Å². The predicted molar refractivity (Wildman–Crippen MR) is 110 cm³/mol. The molecule has 0 unspecified atom stereocenters. The lowest BCUT2D eigenvalue weighted by Crippen LogP contribution is -2.07. The van der Waals surface area contributed by atoms with E-state index in [4.69, 9.17) is 4.74 Å². The molecule has 0 aliphatic heterocycles. The van der Waals surface area contributed by atoms with E-state index < -0.39 is 27.4 Å². The SMILES string of the molecule is CS(=O)(=O)c1cccc(Oc2ccc(F)c(-c3ncnc4c(C(F)(F)F)cccc34)c2)c1. The second-order valence-electron chi connectivity index (χ2n) is 6.91. The maximum absolute atomic E-state index is 14.7. The van der Waals surface area contributed by atoms with Gasteiger partial charge in [0.25, 0.3) is 0 Å². The van der Waals surface area contributed by atoms with E-state index in [0.29, 0.717) is 0 Å². The number of rotatable bonds is 4. The Bertz CT molecular complexity index is 1440. The highest BCUT2D eigenvalue weighted by Gasteiger charge is 2.33. The van der Waals surface area contributed by atoms with E-state index in [1.807, 2.05) is 0 Å². The summed E-state index contributed by atoms with van der Waals surface area (Å²) >= 11 is 0. The molecule has 0 aliphatic rings. The Morgan fingerprint density at radius 3 is 2.34 bits per heavy atom. The van der Waals surface area contributed by atoms with Gasteiger partial charge in [-0.05, 0) is 42.5 Å². The number of ether oxygens (including phenoxy) is 1. The second kappa shape index (κ2) is 7.86. The minimum atomic E-state index is -4.64. The molecule has 164 valence electrons. The monoisotopic (exact) mass is 462 g/mol. The molecule has 0 aliphatic carbocycles. The molecule has 0 amide bonds. The minimum absolute atomic E-state index is 0.0254. The van der Waals surface area contributed by atoms with Crippen molar-refractivity contribution in [1.29, 1.82) is 0 Å². The topological polar surface area (TPSA) is 69.2 Å². The predicted octanol–water partition coefficient (Wildman–Crippen LogP) is 5.65. The zero-order valence-corrected chi connectivity index (χ0v) is 17.2. The molecule has 4 rings (SSSR count). The van der Waals surface area contributed by atoms with Crippen LogP contribution in [0, 0.1) is 5.82 Å². The van der Waals surface area contributed by atoms with Crippen molar-refractivity contribution in [1.82, 2.24) is 9.97 Å². The molecule has 0 spiro atoms. The summed E-state index contributed by atoms with van der Waals surface area (Å²) in [6.45, 7) is 0. The smallest absolute Gasteiger partial charge is 0.418 e. The third-order valence-corrected chi connectivity index (χ3v) is 5.74. The van der Waals surface area contributed by atoms with Gasteiger partial charge in [0, 0.05) is 17.2 Å². The number of sulfone groups is 1. The number of nitrogens with zero attached hydrogens (tertiary/aromatic N) is 2. The van der Waals surface area contributed by atoms with Crippen molar-refractivity contribution in [3.8, 4) is 22.8 Å².